The maximum atomic E-state index is 12.3. The molecule has 0 saturated carbocycles. The highest BCUT2D eigenvalue weighted by atomic mass is 16.6. The zero-order valence-electron chi connectivity index (χ0n) is 15.6. The Morgan fingerprint density at radius 2 is 1.61 bits per heavy atom. The molecule has 0 spiro atoms. The lowest BCUT2D eigenvalue weighted by Crippen LogP contribution is -2.30. The van der Waals surface area contributed by atoms with E-state index in [0.717, 1.165) is 0 Å². The topological polar surface area (TPSA) is 117 Å². The molecule has 0 aliphatic rings. The quantitative estimate of drug-likeness (QED) is 0.420. The summed E-state index contributed by atoms with van der Waals surface area (Å²) < 4.78 is 15.5. The Hall–Kier alpha value is -3.62. The number of esters is 1. The second kappa shape index (κ2) is 9.36. The van der Waals surface area contributed by atoms with Gasteiger partial charge in [-0.2, -0.15) is 0 Å². The number of carbonyl (C=O) groups excluding carboxylic acids is 2. The van der Waals surface area contributed by atoms with Gasteiger partial charge < -0.3 is 19.5 Å². The second-order valence-corrected chi connectivity index (χ2v) is 5.81. The average molecular weight is 388 g/mol. The standard InChI is InChI=1S/C19H20N2O7/c1-12(27-17-9-5-7-15(11-17)21(24)25)18(22)20-14-6-4-8-16(10-14)28-13(2)19(23)26-3/h4-13H,1-3H3,(H,20,22)/t12-,13-/m1/s1. The number of carbonyl (C=O) groups is 2. The number of benzene rings is 2. The molecule has 0 fully saturated rings. The molecule has 0 unspecified atom stereocenters. The summed E-state index contributed by atoms with van der Waals surface area (Å²) in [5.41, 5.74) is 0.309. The fraction of sp³-hybridized carbons (Fsp3) is 0.263. The first-order chi connectivity index (χ1) is 13.3. The molecule has 9 heteroatoms. The molecule has 28 heavy (non-hydrogen) atoms. The number of amides is 1. The monoisotopic (exact) mass is 388 g/mol. The van der Waals surface area contributed by atoms with Gasteiger partial charge in [-0.3, -0.25) is 14.9 Å². The van der Waals surface area contributed by atoms with Crippen molar-refractivity contribution in [1.82, 2.24) is 0 Å². The summed E-state index contributed by atoms with van der Waals surface area (Å²) in [6.07, 6.45) is -1.70. The van der Waals surface area contributed by atoms with E-state index >= 15 is 0 Å². The third kappa shape index (κ3) is 5.70. The molecule has 0 saturated heterocycles. The van der Waals surface area contributed by atoms with Crippen LogP contribution in [0.25, 0.3) is 0 Å². The summed E-state index contributed by atoms with van der Waals surface area (Å²) in [4.78, 5) is 34.0. The van der Waals surface area contributed by atoms with Gasteiger partial charge in [0.05, 0.1) is 18.1 Å². The summed E-state index contributed by atoms with van der Waals surface area (Å²) in [5, 5.41) is 13.5. The molecule has 2 aromatic rings. The van der Waals surface area contributed by atoms with Crippen LogP contribution in [0.15, 0.2) is 48.5 Å². The molecule has 2 atom stereocenters. The van der Waals surface area contributed by atoms with E-state index in [2.05, 4.69) is 10.1 Å². The lowest BCUT2D eigenvalue weighted by atomic mass is 10.2. The van der Waals surface area contributed by atoms with Crippen LogP contribution in [-0.2, 0) is 14.3 Å². The second-order valence-electron chi connectivity index (χ2n) is 5.81. The van der Waals surface area contributed by atoms with Gasteiger partial charge in [0, 0.05) is 17.8 Å². The summed E-state index contributed by atoms with van der Waals surface area (Å²) in [5.74, 6) is -0.387. The van der Waals surface area contributed by atoms with Crippen molar-refractivity contribution in [3.63, 3.8) is 0 Å². The summed E-state index contributed by atoms with van der Waals surface area (Å²) in [6.45, 7) is 3.07. The smallest absolute Gasteiger partial charge is 0.346 e. The number of methoxy groups -OCH3 is 1. The van der Waals surface area contributed by atoms with Crippen LogP contribution in [-0.4, -0.2) is 36.1 Å². The van der Waals surface area contributed by atoms with E-state index in [9.17, 15) is 19.7 Å². The van der Waals surface area contributed by atoms with Crippen molar-refractivity contribution in [2.24, 2.45) is 0 Å². The highest BCUT2D eigenvalue weighted by Crippen LogP contribution is 2.22. The number of anilines is 1. The zero-order valence-corrected chi connectivity index (χ0v) is 15.6. The highest BCUT2D eigenvalue weighted by molar-refractivity contribution is 5.94. The number of nitrogens with one attached hydrogen (secondary N) is 1. The number of nitro groups is 1. The largest absolute Gasteiger partial charge is 0.481 e. The Morgan fingerprint density at radius 1 is 1.00 bits per heavy atom. The summed E-state index contributed by atoms with van der Waals surface area (Å²) >= 11 is 0. The van der Waals surface area contributed by atoms with Crippen molar-refractivity contribution in [2.45, 2.75) is 26.1 Å². The van der Waals surface area contributed by atoms with E-state index in [1.54, 1.807) is 31.2 Å². The highest BCUT2D eigenvalue weighted by Gasteiger charge is 2.18. The lowest BCUT2D eigenvalue weighted by molar-refractivity contribution is -0.384. The molecule has 2 rings (SSSR count). The van der Waals surface area contributed by atoms with Crippen LogP contribution in [0, 0.1) is 10.1 Å². The van der Waals surface area contributed by atoms with Crippen LogP contribution in [0.3, 0.4) is 0 Å². The van der Waals surface area contributed by atoms with E-state index < -0.39 is 29.0 Å². The molecule has 148 valence electrons. The Kier molecular flexibility index (Phi) is 6.91. The van der Waals surface area contributed by atoms with Crippen LogP contribution < -0.4 is 14.8 Å². The number of nitro benzene ring substituents is 1. The molecule has 0 bridgehead atoms. The van der Waals surface area contributed by atoms with E-state index in [0.29, 0.717) is 11.4 Å². The maximum Gasteiger partial charge on any atom is 0.346 e. The summed E-state index contributed by atoms with van der Waals surface area (Å²) in [7, 11) is 1.27. The van der Waals surface area contributed by atoms with Crippen LogP contribution in [0.2, 0.25) is 0 Å². The van der Waals surface area contributed by atoms with Gasteiger partial charge in [0.15, 0.2) is 12.2 Å². The average Bonchev–Trinajstić information content (AvgIpc) is 2.67. The number of nitrogens with zero attached hydrogens (tertiary/aromatic N) is 1. The van der Waals surface area contributed by atoms with E-state index in [1.807, 2.05) is 0 Å². The van der Waals surface area contributed by atoms with Gasteiger partial charge in [0.1, 0.15) is 11.5 Å². The van der Waals surface area contributed by atoms with E-state index in [-0.39, 0.29) is 11.4 Å². The molecule has 9 nitrogen and oxygen atoms in total. The molecular formula is C19H20N2O7. The third-order valence-electron chi connectivity index (χ3n) is 3.66. The molecule has 0 aliphatic carbocycles. The van der Waals surface area contributed by atoms with Crippen molar-refractivity contribution in [1.29, 1.82) is 0 Å². The van der Waals surface area contributed by atoms with Gasteiger partial charge in [-0.1, -0.05) is 12.1 Å². The van der Waals surface area contributed by atoms with Gasteiger partial charge in [-0.05, 0) is 32.0 Å². The third-order valence-corrected chi connectivity index (χ3v) is 3.66. The Balaban J connectivity index is 2.00. The van der Waals surface area contributed by atoms with Gasteiger partial charge in [-0.25, -0.2) is 4.79 Å². The van der Waals surface area contributed by atoms with Gasteiger partial charge >= 0.3 is 5.97 Å². The van der Waals surface area contributed by atoms with Crippen LogP contribution in [0.5, 0.6) is 11.5 Å². The Labute approximate surface area is 161 Å². The van der Waals surface area contributed by atoms with E-state index in [1.165, 1.54) is 38.3 Å². The molecule has 1 N–H and O–H groups in total. The number of hydrogen-bond acceptors (Lipinski definition) is 7. The van der Waals surface area contributed by atoms with Crippen LogP contribution in [0.4, 0.5) is 11.4 Å². The number of rotatable bonds is 8. The first-order valence-electron chi connectivity index (χ1n) is 8.36. The Morgan fingerprint density at radius 3 is 2.25 bits per heavy atom. The predicted molar refractivity (Wildman–Crippen MR) is 100 cm³/mol. The number of ether oxygens (including phenoxy) is 3. The number of non-ortho nitro benzene ring substituents is 1. The maximum absolute atomic E-state index is 12.3. The first kappa shape index (κ1) is 20.7. The fourth-order valence-corrected chi connectivity index (χ4v) is 2.24. The molecule has 1 amide bonds. The number of hydrogen-bond donors (Lipinski definition) is 1. The minimum absolute atomic E-state index is 0.130. The van der Waals surface area contributed by atoms with Crippen molar-refractivity contribution in [2.75, 3.05) is 12.4 Å². The van der Waals surface area contributed by atoms with Crippen LogP contribution in [0.1, 0.15) is 13.8 Å². The Bertz CT molecular complexity index is 869. The molecule has 0 heterocycles. The van der Waals surface area contributed by atoms with Crippen molar-refractivity contribution >= 4 is 23.3 Å². The van der Waals surface area contributed by atoms with Gasteiger partial charge in [0.2, 0.25) is 0 Å². The van der Waals surface area contributed by atoms with Crippen molar-refractivity contribution in [3.05, 3.63) is 58.6 Å². The predicted octanol–water partition coefficient (Wildman–Crippen LogP) is 2.94. The van der Waals surface area contributed by atoms with Gasteiger partial charge in [0.25, 0.3) is 11.6 Å². The molecule has 2 aromatic carbocycles. The summed E-state index contributed by atoms with van der Waals surface area (Å²) in [6, 6.07) is 12.1. The van der Waals surface area contributed by atoms with E-state index in [4.69, 9.17) is 9.47 Å². The van der Waals surface area contributed by atoms with Crippen LogP contribution >= 0.6 is 0 Å². The van der Waals surface area contributed by atoms with Gasteiger partial charge in [-0.15, -0.1) is 0 Å². The molecule has 0 radical (unpaired) electrons. The minimum Gasteiger partial charge on any atom is -0.481 e. The normalized spacial score (nSPS) is 12.4. The SMILES string of the molecule is COC(=O)[C@@H](C)Oc1cccc(NC(=O)[C@@H](C)Oc2cccc([N+](=O)[O-])c2)c1. The molecule has 0 aromatic heterocycles. The lowest BCUT2D eigenvalue weighted by Gasteiger charge is -2.16. The fourth-order valence-electron chi connectivity index (χ4n) is 2.24. The zero-order chi connectivity index (χ0) is 20.7. The molecular weight excluding hydrogens is 368 g/mol. The van der Waals surface area contributed by atoms with Crippen molar-refractivity contribution in [3.8, 4) is 11.5 Å². The first-order valence-corrected chi connectivity index (χ1v) is 8.36. The molecule has 0 aliphatic heterocycles. The minimum atomic E-state index is -0.902. The van der Waals surface area contributed by atoms with Crippen molar-refractivity contribution < 1.29 is 28.7 Å².